The standard InChI is InChI=1S/C17H26N4O2.C2H6.CH4O/c1-3-7-20(8-4-2)15-13-16(18)19-17(14-15)22-11-12-23-21-9-5-6-10-21;2*1-2/h5-6,9-10,13-14H,3-4,7-8,11-12H2,1-2H3,(H2,18,19);1-2H3;2H,1H3/p+1. The number of ether oxygens (including phenoxy) is 1. The molecule has 7 nitrogen and oxygen atoms in total. The molecule has 4 N–H and O–H groups in total. The molecular weight excluding hydrogens is 344 g/mol. The minimum Gasteiger partial charge on any atom is -0.475 e. The average molecular weight is 382 g/mol. The zero-order valence-corrected chi connectivity index (χ0v) is 17.4. The molecule has 7 heteroatoms. The Hall–Kier alpha value is -2.09. The predicted molar refractivity (Wildman–Crippen MR) is 112 cm³/mol. The molecule has 0 aromatic carbocycles. The number of nitrogens with two attached hydrogens (primary N) is 1. The number of nitrogens with zero attached hydrogens (tertiary/aromatic N) is 2. The fourth-order valence-electron chi connectivity index (χ4n) is 2.44. The van der Waals surface area contributed by atoms with Gasteiger partial charge in [-0.15, -0.1) is 5.06 Å². The number of nitrogen functional groups attached to an aromatic ring is 1. The molecule has 1 aliphatic rings. The van der Waals surface area contributed by atoms with E-state index in [-0.39, 0.29) is 0 Å². The van der Waals surface area contributed by atoms with Crippen LogP contribution in [0.5, 0.6) is 5.88 Å². The smallest absolute Gasteiger partial charge is 0.217 e. The fraction of sp³-hybridized carbons (Fsp3) is 0.550. The number of hydrogen-bond donors (Lipinski definition) is 3. The van der Waals surface area contributed by atoms with Gasteiger partial charge in [-0.25, -0.2) is 0 Å². The van der Waals surface area contributed by atoms with Crippen molar-refractivity contribution in [3.63, 3.8) is 0 Å². The van der Waals surface area contributed by atoms with Gasteiger partial charge in [0.25, 0.3) is 0 Å². The van der Waals surface area contributed by atoms with E-state index >= 15 is 0 Å². The molecule has 1 aromatic rings. The highest BCUT2D eigenvalue weighted by Crippen LogP contribution is 2.23. The van der Waals surface area contributed by atoms with Gasteiger partial charge in [-0.2, -0.15) is 9.82 Å². The molecule has 154 valence electrons. The van der Waals surface area contributed by atoms with Crippen LogP contribution in [0.3, 0.4) is 0 Å². The lowest BCUT2D eigenvalue weighted by atomic mass is 10.3. The maximum Gasteiger partial charge on any atom is 0.217 e. The minimum absolute atomic E-state index is 0.433. The van der Waals surface area contributed by atoms with Crippen molar-refractivity contribution in [2.75, 3.05) is 44.0 Å². The van der Waals surface area contributed by atoms with Gasteiger partial charge in [0.05, 0.1) is 0 Å². The van der Waals surface area contributed by atoms with E-state index < -0.39 is 0 Å². The van der Waals surface area contributed by atoms with E-state index in [1.807, 2.05) is 50.5 Å². The van der Waals surface area contributed by atoms with E-state index in [1.165, 1.54) is 0 Å². The van der Waals surface area contributed by atoms with Gasteiger partial charge in [0, 0.05) is 50.2 Å². The minimum atomic E-state index is 0.433. The summed E-state index contributed by atoms with van der Waals surface area (Å²) in [4.78, 5) is 12.1. The second kappa shape index (κ2) is 16.1. The summed E-state index contributed by atoms with van der Waals surface area (Å²) >= 11 is 0. The maximum absolute atomic E-state index is 7.00. The molecule has 0 fully saturated rings. The first-order valence-corrected chi connectivity index (χ1v) is 9.67. The Balaban J connectivity index is 0.00000158. The zero-order valence-electron chi connectivity index (χ0n) is 17.4. The topological polar surface area (TPSA) is 85.3 Å². The normalized spacial score (nSPS) is 12.1. The van der Waals surface area contributed by atoms with Gasteiger partial charge < -0.3 is 20.5 Å². The van der Waals surface area contributed by atoms with Crippen LogP contribution in [0.4, 0.5) is 11.5 Å². The van der Waals surface area contributed by atoms with Crippen LogP contribution in [0.1, 0.15) is 40.5 Å². The molecule has 0 unspecified atom stereocenters. The van der Waals surface area contributed by atoms with E-state index in [1.54, 1.807) is 0 Å². The van der Waals surface area contributed by atoms with Crippen molar-refractivity contribution < 1.29 is 19.7 Å². The van der Waals surface area contributed by atoms with Gasteiger partial charge >= 0.3 is 0 Å². The number of hydroxylamine groups is 2. The summed E-state index contributed by atoms with van der Waals surface area (Å²) in [7, 11) is 1.00. The first-order valence-electron chi connectivity index (χ1n) is 9.67. The third kappa shape index (κ3) is 9.98. The molecule has 1 aliphatic heterocycles. The molecule has 0 radical (unpaired) electrons. The van der Waals surface area contributed by atoms with Gasteiger partial charge in [-0.1, -0.05) is 27.7 Å². The molecule has 0 bridgehead atoms. The van der Waals surface area contributed by atoms with Crippen molar-refractivity contribution >= 4 is 11.5 Å². The number of hydrogen-bond acceptors (Lipinski definition) is 6. The lowest BCUT2D eigenvalue weighted by Crippen LogP contribution is -3.00. The van der Waals surface area contributed by atoms with E-state index in [0.717, 1.165) is 43.8 Å². The van der Waals surface area contributed by atoms with Crippen molar-refractivity contribution in [2.24, 2.45) is 0 Å². The number of aliphatic hydroxyl groups excluding tert-OH is 1. The summed E-state index contributed by atoms with van der Waals surface area (Å²) in [5, 5.41) is 7.85. The Morgan fingerprint density at radius 1 is 1.04 bits per heavy atom. The second-order valence-electron chi connectivity index (χ2n) is 5.39. The number of allylic oxidation sites excluding steroid dienone is 2. The van der Waals surface area contributed by atoms with Gasteiger partial charge in [-0.3, -0.25) is 0 Å². The van der Waals surface area contributed by atoms with Gasteiger partial charge in [-0.05, 0) is 12.8 Å². The number of rotatable bonds is 10. The summed E-state index contributed by atoms with van der Waals surface area (Å²) in [6, 6.07) is 3.85. The molecule has 2 rings (SSSR count). The third-order valence-electron chi connectivity index (χ3n) is 3.39. The largest absolute Gasteiger partial charge is 0.475 e. The molecule has 0 atom stereocenters. The van der Waals surface area contributed by atoms with Crippen LogP contribution >= 0.6 is 0 Å². The van der Waals surface area contributed by atoms with E-state index in [2.05, 4.69) is 23.7 Å². The van der Waals surface area contributed by atoms with Crippen molar-refractivity contribution in [3.8, 4) is 5.88 Å². The van der Waals surface area contributed by atoms with Crippen LogP contribution in [-0.2, 0) is 4.84 Å². The summed E-state index contributed by atoms with van der Waals surface area (Å²) < 4.78 is 5.69. The SMILES string of the molecule is CC.CCCN(CCC)c1cc(N)nc(OCCO[NH+]2C=CC=C2)c1.CO. The maximum atomic E-state index is 7.00. The number of pyridine rings is 1. The monoisotopic (exact) mass is 381 g/mol. The van der Waals surface area contributed by atoms with Crippen molar-refractivity contribution in [1.29, 1.82) is 0 Å². The molecule has 0 amide bonds. The van der Waals surface area contributed by atoms with Crippen LogP contribution in [0.2, 0.25) is 0 Å². The zero-order chi connectivity index (χ0) is 20.5. The fourth-order valence-corrected chi connectivity index (χ4v) is 2.44. The molecule has 2 heterocycles. The molecule has 27 heavy (non-hydrogen) atoms. The Labute approximate surface area is 164 Å². The molecule has 0 spiro atoms. The second-order valence-corrected chi connectivity index (χ2v) is 5.39. The van der Waals surface area contributed by atoms with Crippen molar-refractivity contribution in [3.05, 3.63) is 36.7 Å². The summed E-state index contributed by atoms with van der Waals surface area (Å²) in [5.41, 5.74) is 6.99. The average Bonchev–Trinajstić information content (AvgIpc) is 3.21. The predicted octanol–water partition coefficient (Wildman–Crippen LogP) is 2.16. The van der Waals surface area contributed by atoms with E-state index in [9.17, 15) is 0 Å². The number of anilines is 2. The third-order valence-corrected chi connectivity index (χ3v) is 3.39. The van der Waals surface area contributed by atoms with Crippen LogP contribution in [0.25, 0.3) is 0 Å². The highest BCUT2D eigenvalue weighted by atomic mass is 16.7. The van der Waals surface area contributed by atoms with E-state index in [4.69, 9.17) is 20.4 Å². The molecular formula is C20H37N4O3+. The van der Waals surface area contributed by atoms with Crippen LogP contribution in [0.15, 0.2) is 36.7 Å². The first kappa shape index (κ1) is 24.9. The van der Waals surface area contributed by atoms with Crippen LogP contribution < -0.4 is 20.4 Å². The Kier molecular flexibility index (Phi) is 14.9. The van der Waals surface area contributed by atoms with Crippen LogP contribution in [0, 0.1) is 0 Å². The molecule has 1 aromatic heterocycles. The highest BCUT2D eigenvalue weighted by Gasteiger charge is 2.10. The number of quaternary nitrogens is 1. The Morgan fingerprint density at radius 2 is 1.63 bits per heavy atom. The van der Waals surface area contributed by atoms with Gasteiger partial charge in [0.15, 0.2) is 0 Å². The van der Waals surface area contributed by atoms with Gasteiger partial charge in [0.2, 0.25) is 5.88 Å². The summed E-state index contributed by atoms with van der Waals surface area (Å²) in [5.74, 6) is 1.02. The van der Waals surface area contributed by atoms with Crippen LogP contribution in [-0.4, -0.2) is 43.5 Å². The summed E-state index contributed by atoms with van der Waals surface area (Å²) in [6.45, 7) is 11.2. The Bertz CT molecular complexity index is 532. The summed E-state index contributed by atoms with van der Waals surface area (Å²) in [6.07, 6.45) is 9.90. The first-order chi connectivity index (χ1) is 13.2. The van der Waals surface area contributed by atoms with Crippen molar-refractivity contribution in [2.45, 2.75) is 40.5 Å². The van der Waals surface area contributed by atoms with E-state index in [0.29, 0.717) is 24.9 Å². The quantitative estimate of drug-likeness (QED) is 0.539. The molecule has 0 saturated carbocycles. The lowest BCUT2D eigenvalue weighted by molar-refractivity contribution is -1.01. The van der Waals surface area contributed by atoms with Crippen molar-refractivity contribution in [1.82, 2.24) is 4.98 Å². The van der Waals surface area contributed by atoms with Gasteiger partial charge in [0.1, 0.15) is 31.4 Å². The number of aliphatic hydroxyl groups is 1. The highest BCUT2D eigenvalue weighted by molar-refractivity contribution is 5.55. The molecule has 0 aliphatic carbocycles. The molecule has 0 saturated heterocycles. The number of aromatic nitrogens is 1. The lowest BCUT2D eigenvalue weighted by Gasteiger charge is -2.24. The Morgan fingerprint density at radius 3 is 2.19 bits per heavy atom. The number of nitrogens with one attached hydrogen (secondary N) is 1.